The molecule has 6 aromatic rings. The Hall–Kier alpha value is -4.93. The molecular formula is C32H26N4O4S2. The van der Waals surface area contributed by atoms with Crippen molar-refractivity contribution in [2.75, 3.05) is 32.4 Å². The quantitative estimate of drug-likeness (QED) is 0.187. The lowest BCUT2D eigenvalue weighted by molar-refractivity contribution is 0.103. The van der Waals surface area contributed by atoms with E-state index in [-0.39, 0.29) is 5.91 Å². The number of rotatable bonds is 8. The zero-order chi connectivity index (χ0) is 29.2. The van der Waals surface area contributed by atoms with Crippen molar-refractivity contribution in [1.29, 1.82) is 0 Å². The van der Waals surface area contributed by atoms with Gasteiger partial charge < -0.3 is 19.9 Å². The fourth-order valence-electron chi connectivity index (χ4n) is 4.74. The van der Waals surface area contributed by atoms with Crippen LogP contribution >= 0.6 is 22.7 Å². The topological polar surface area (TPSA) is 109 Å². The van der Waals surface area contributed by atoms with Crippen LogP contribution in [0.2, 0.25) is 0 Å². The van der Waals surface area contributed by atoms with Crippen molar-refractivity contribution in [3.8, 4) is 50.9 Å². The molecule has 42 heavy (non-hydrogen) atoms. The second-order valence-electron chi connectivity index (χ2n) is 9.22. The number of carbonyl (C=O) groups excluding carboxylic acids is 1. The van der Waals surface area contributed by atoms with Crippen LogP contribution in [0.5, 0.6) is 17.2 Å². The normalized spacial score (nSPS) is 10.9. The number of aromatic nitrogens is 2. The minimum absolute atomic E-state index is 0.336. The van der Waals surface area contributed by atoms with Gasteiger partial charge in [0.05, 0.1) is 38.4 Å². The molecule has 3 heterocycles. The number of nitrogens with one attached hydrogen (secondary N) is 1. The number of amides is 1. The third kappa shape index (κ3) is 5.02. The fourth-order valence-corrected chi connectivity index (χ4v) is 6.47. The third-order valence-corrected chi connectivity index (χ3v) is 8.60. The number of fused-ring (bicyclic) bond motifs is 1. The maximum absolute atomic E-state index is 13.5. The zero-order valence-electron chi connectivity index (χ0n) is 23.0. The minimum Gasteiger partial charge on any atom is -0.493 e. The minimum atomic E-state index is -0.346. The van der Waals surface area contributed by atoms with Crippen LogP contribution in [-0.4, -0.2) is 37.2 Å². The van der Waals surface area contributed by atoms with Crippen LogP contribution < -0.4 is 25.3 Å². The summed E-state index contributed by atoms with van der Waals surface area (Å²) in [6.45, 7) is 0. The van der Waals surface area contributed by atoms with Crippen molar-refractivity contribution < 1.29 is 19.0 Å². The molecule has 3 N–H and O–H groups in total. The van der Waals surface area contributed by atoms with Gasteiger partial charge >= 0.3 is 0 Å². The number of benzene rings is 3. The third-order valence-electron chi connectivity index (χ3n) is 6.74. The van der Waals surface area contributed by atoms with Crippen molar-refractivity contribution in [2.45, 2.75) is 0 Å². The Bertz CT molecular complexity index is 1880. The van der Waals surface area contributed by atoms with Crippen molar-refractivity contribution >= 4 is 49.6 Å². The Morgan fingerprint density at radius 1 is 0.786 bits per heavy atom. The number of ether oxygens (including phenoxy) is 3. The number of thiazole rings is 1. The molecule has 0 saturated heterocycles. The molecular weight excluding hydrogens is 569 g/mol. The SMILES string of the molecule is COc1cc(-c2cc(-c3ccccc3)nc3sc(C(=O)Nc4nc(-c5ccccc5)cs4)c(N)c23)cc(OC)c1OC. The van der Waals surface area contributed by atoms with Gasteiger partial charge in [0.15, 0.2) is 16.6 Å². The summed E-state index contributed by atoms with van der Waals surface area (Å²) in [7, 11) is 4.70. The summed E-state index contributed by atoms with van der Waals surface area (Å²) >= 11 is 2.60. The van der Waals surface area contributed by atoms with Gasteiger partial charge in [-0.15, -0.1) is 22.7 Å². The van der Waals surface area contributed by atoms with E-state index in [1.54, 1.807) is 21.3 Å². The van der Waals surface area contributed by atoms with Crippen LogP contribution in [0.3, 0.4) is 0 Å². The summed E-state index contributed by atoms with van der Waals surface area (Å²) in [4.78, 5) is 24.0. The van der Waals surface area contributed by atoms with Gasteiger partial charge in [-0.2, -0.15) is 0 Å². The van der Waals surface area contributed by atoms with Crippen LogP contribution in [0.1, 0.15) is 9.67 Å². The van der Waals surface area contributed by atoms with Crippen molar-refractivity contribution in [3.05, 3.63) is 89.1 Å². The van der Waals surface area contributed by atoms with E-state index in [4.69, 9.17) is 24.9 Å². The summed E-state index contributed by atoms with van der Waals surface area (Å²) in [5, 5.41) is 5.99. The molecule has 0 aliphatic carbocycles. The van der Waals surface area contributed by atoms with Gasteiger partial charge in [-0.1, -0.05) is 60.7 Å². The predicted octanol–water partition coefficient (Wildman–Crippen LogP) is 7.61. The van der Waals surface area contributed by atoms with Gasteiger partial charge in [-0.25, -0.2) is 9.97 Å². The summed E-state index contributed by atoms with van der Waals surface area (Å²) in [5.74, 6) is 1.14. The maximum Gasteiger partial charge on any atom is 0.269 e. The first-order chi connectivity index (χ1) is 20.5. The zero-order valence-corrected chi connectivity index (χ0v) is 24.6. The molecule has 0 aliphatic heterocycles. The second-order valence-corrected chi connectivity index (χ2v) is 11.1. The number of nitrogens with zero attached hydrogens (tertiary/aromatic N) is 2. The van der Waals surface area contributed by atoms with Gasteiger partial charge in [0.2, 0.25) is 5.75 Å². The lowest BCUT2D eigenvalue weighted by Gasteiger charge is -2.15. The van der Waals surface area contributed by atoms with Gasteiger partial charge in [-0.3, -0.25) is 10.1 Å². The molecule has 0 atom stereocenters. The molecule has 0 radical (unpaired) electrons. The number of hydrogen-bond donors (Lipinski definition) is 2. The first-order valence-corrected chi connectivity index (χ1v) is 14.6. The number of nitrogen functional groups attached to an aromatic ring is 1. The summed E-state index contributed by atoms with van der Waals surface area (Å²) in [6, 6.07) is 25.4. The first-order valence-electron chi connectivity index (χ1n) is 12.9. The highest BCUT2D eigenvalue weighted by Gasteiger charge is 2.24. The van der Waals surface area contributed by atoms with E-state index in [2.05, 4.69) is 10.3 Å². The van der Waals surface area contributed by atoms with E-state index in [1.165, 1.54) is 22.7 Å². The highest BCUT2D eigenvalue weighted by atomic mass is 32.1. The van der Waals surface area contributed by atoms with Crippen LogP contribution in [0, 0.1) is 0 Å². The van der Waals surface area contributed by atoms with Gasteiger partial charge in [0.1, 0.15) is 9.71 Å². The molecule has 6 rings (SSSR count). The van der Waals surface area contributed by atoms with Gasteiger partial charge in [0.25, 0.3) is 5.91 Å². The number of anilines is 2. The monoisotopic (exact) mass is 594 g/mol. The maximum atomic E-state index is 13.5. The highest BCUT2D eigenvalue weighted by molar-refractivity contribution is 7.21. The smallest absolute Gasteiger partial charge is 0.269 e. The Balaban J connectivity index is 1.47. The lowest BCUT2D eigenvalue weighted by atomic mass is 9.98. The first kappa shape index (κ1) is 27.3. The van der Waals surface area contributed by atoms with Gasteiger partial charge in [0, 0.05) is 21.9 Å². The molecule has 0 spiro atoms. The summed E-state index contributed by atoms with van der Waals surface area (Å²) in [5.41, 5.74) is 12.1. The fraction of sp³-hybridized carbons (Fsp3) is 0.0938. The average molecular weight is 595 g/mol. The molecule has 3 aromatic carbocycles. The molecule has 0 saturated carbocycles. The summed E-state index contributed by atoms with van der Waals surface area (Å²) < 4.78 is 16.8. The van der Waals surface area contributed by atoms with E-state index in [1.807, 2.05) is 84.2 Å². The van der Waals surface area contributed by atoms with E-state index in [0.717, 1.165) is 33.6 Å². The average Bonchev–Trinajstić information content (AvgIpc) is 3.64. The largest absolute Gasteiger partial charge is 0.493 e. The number of carbonyl (C=O) groups is 1. The van der Waals surface area contributed by atoms with Crippen LogP contribution in [0.15, 0.2) is 84.2 Å². The number of thiophene rings is 1. The molecule has 1 amide bonds. The van der Waals surface area contributed by atoms with Crippen LogP contribution in [-0.2, 0) is 0 Å². The van der Waals surface area contributed by atoms with Crippen molar-refractivity contribution in [1.82, 2.24) is 9.97 Å². The van der Waals surface area contributed by atoms with Crippen molar-refractivity contribution in [3.63, 3.8) is 0 Å². The Kier molecular flexibility index (Phi) is 7.47. The molecule has 210 valence electrons. The Morgan fingerprint density at radius 2 is 1.40 bits per heavy atom. The van der Waals surface area contributed by atoms with E-state index in [9.17, 15) is 4.79 Å². The standard InChI is InChI=1S/C32H26N4O4S2/c1-38-24-14-20(15-25(39-2)28(24)40-3)21-16-22(18-10-6-4-7-11-18)34-31-26(21)27(33)29(42-31)30(37)36-32-35-23(17-41-32)19-12-8-5-9-13-19/h4-17H,33H2,1-3H3,(H,35,36,37). The molecule has 10 heteroatoms. The van der Waals surface area contributed by atoms with E-state index < -0.39 is 0 Å². The van der Waals surface area contributed by atoms with Crippen LogP contribution in [0.4, 0.5) is 10.8 Å². The Labute approximate surface area is 250 Å². The van der Waals surface area contributed by atoms with Crippen LogP contribution in [0.25, 0.3) is 43.9 Å². The number of methoxy groups -OCH3 is 3. The lowest BCUT2D eigenvalue weighted by Crippen LogP contribution is -2.11. The summed E-state index contributed by atoms with van der Waals surface area (Å²) in [6.07, 6.45) is 0. The van der Waals surface area contributed by atoms with E-state index >= 15 is 0 Å². The molecule has 0 fully saturated rings. The molecule has 0 aliphatic rings. The van der Waals surface area contributed by atoms with Crippen molar-refractivity contribution in [2.24, 2.45) is 0 Å². The number of pyridine rings is 1. The molecule has 0 bridgehead atoms. The number of nitrogens with two attached hydrogens (primary N) is 1. The molecule has 8 nitrogen and oxygen atoms in total. The predicted molar refractivity (Wildman–Crippen MR) is 170 cm³/mol. The molecule has 0 unspecified atom stereocenters. The Morgan fingerprint density at radius 3 is 2.00 bits per heavy atom. The second kappa shape index (κ2) is 11.5. The number of hydrogen-bond acceptors (Lipinski definition) is 9. The van der Waals surface area contributed by atoms with Gasteiger partial charge in [-0.05, 0) is 29.3 Å². The van der Waals surface area contributed by atoms with E-state index in [0.29, 0.717) is 43.2 Å². The molecule has 3 aromatic heterocycles. The highest BCUT2D eigenvalue weighted by Crippen LogP contribution is 2.46.